The molecule has 2 aliphatic rings. The predicted molar refractivity (Wildman–Crippen MR) is 57.4 cm³/mol. The van der Waals surface area contributed by atoms with Gasteiger partial charge < -0.3 is 15.4 Å². The van der Waals surface area contributed by atoms with Crippen LogP contribution in [0.1, 0.15) is 32.6 Å². The van der Waals surface area contributed by atoms with Crippen molar-refractivity contribution in [3.63, 3.8) is 0 Å². The summed E-state index contributed by atoms with van der Waals surface area (Å²) in [4.78, 5) is 14.2. The molecule has 1 aliphatic heterocycles. The Balaban J connectivity index is 2.03. The minimum Gasteiger partial charge on any atom is -0.377 e. The van der Waals surface area contributed by atoms with E-state index in [0.29, 0.717) is 19.8 Å². The molecule has 1 atom stereocenters. The van der Waals surface area contributed by atoms with Gasteiger partial charge in [0.15, 0.2) is 0 Å². The maximum Gasteiger partial charge on any atom is 0.243 e. The molecule has 1 aliphatic carbocycles. The Morgan fingerprint density at radius 1 is 1.60 bits per heavy atom. The lowest BCUT2D eigenvalue weighted by Crippen LogP contribution is -2.63. The van der Waals surface area contributed by atoms with Gasteiger partial charge in [-0.15, -0.1) is 0 Å². The SMILES string of the molecule is CCC1COCCN1C(=O)C1(N)CCC1. The first-order valence-electron chi connectivity index (χ1n) is 5.85. The minimum atomic E-state index is -0.551. The van der Waals surface area contributed by atoms with Crippen LogP contribution >= 0.6 is 0 Å². The first-order valence-corrected chi connectivity index (χ1v) is 5.85. The van der Waals surface area contributed by atoms with E-state index in [9.17, 15) is 4.79 Å². The molecule has 0 aromatic rings. The quantitative estimate of drug-likeness (QED) is 0.725. The van der Waals surface area contributed by atoms with Crippen LogP contribution in [0.3, 0.4) is 0 Å². The first-order chi connectivity index (χ1) is 7.17. The van der Waals surface area contributed by atoms with Crippen molar-refractivity contribution in [1.82, 2.24) is 4.90 Å². The molecule has 4 heteroatoms. The molecule has 4 nitrogen and oxygen atoms in total. The van der Waals surface area contributed by atoms with Crippen molar-refractivity contribution in [2.24, 2.45) is 5.73 Å². The molecule has 2 N–H and O–H groups in total. The van der Waals surface area contributed by atoms with Crippen LogP contribution in [-0.2, 0) is 9.53 Å². The average Bonchev–Trinajstić information content (AvgIpc) is 2.25. The fourth-order valence-corrected chi connectivity index (χ4v) is 2.32. The summed E-state index contributed by atoms with van der Waals surface area (Å²) in [6, 6.07) is 0.229. The Morgan fingerprint density at radius 3 is 2.87 bits per heavy atom. The molecular formula is C11H20N2O2. The van der Waals surface area contributed by atoms with Gasteiger partial charge >= 0.3 is 0 Å². The van der Waals surface area contributed by atoms with Crippen LogP contribution in [0.5, 0.6) is 0 Å². The molecule has 2 fully saturated rings. The zero-order valence-electron chi connectivity index (χ0n) is 9.37. The number of morpholine rings is 1. The van der Waals surface area contributed by atoms with Gasteiger partial charge in [0.1, 0.15) is 0 Å². The number of ether oxygens (including phenoxy) is 1. The number of nitrogens with two attached hydrogens (primary N) is 1. The summed E-state index contributed by atoms with van der Waals surface area (Å²) in [5.74, 6) is 0.143. The molecule has 0 radical (unpaired) electrons. The van der Waals surface area contributed by atoms with Crippen molar-refractivity contribution in [3.05, 3.63) is 0 Å². The highest BCUT2D eigenvalue weighted by molar-refractivity contribution is 5.87. The highest BCUT2D eigenvalue weighted by atomic mass is 16.5. The van der Waals surface area contributed by atoms with E-state index in [1.807, 2.05) is 4.90 Å². The van der Waals surface area contributed by atoms with Gasteiger partial charge in [0.2, 0.25) is 5.91 Å². The molecule has 86 valence electrons. The van der Waals surface area contributed by atoms with Gasteiger partial charge in [-0.1, -0.05) is 6.92 Å². The van der Waals surface area contributed by atoms with Crippen LogP contribution in [0.25, 0.3) is 0 Å². The number of hydrogen-bond donors (Lipinski definition) is 1. The summed E-state index contributed by atoms with van der Waals surface area (Å²) in [5.41, 5.74) is 5.51. The zero-order valence-corrected chi connectivity index (χ0v) is 9.37. The van der Waals surface area contributed by atoms with Crippen molar-refractivity contribution in [2.45, 2.75) is 44.2 Å². The molecule has 1 amide bonds. The maximum atomic E-state index is 12.2. The molecule has 15 heavy (non-hydrogen) atoms. The van der Waals surface area contributed by atoms with Crippen molar-refractivity contribution >= 4 is 5.91 Å². The Morgan fingerprint density at radius 2 is 2.33 bits per heavy atom. The van der Waals surface area contributed by atoms with Gasteiger partial charge in [-0.2, -0.15) is 0 Å². The van der Waals surface area contributed by atoms with E-state index in [1.54, 1.807) is 0 Å². The molecule has 1 unspecified atom stereocenters. The summed E-state index contributed by atoms with van der Waals surface area (Å²) in [6.45, 7) is 4.11. The number of carbonyl (C=O) groups excluding carboxylic acids is 1. The smallest absolute Gasteiger partial charge is 0.243 e. The topological polar surface area (TPSA) is 55.6 Å². The summed E-state index contributed by atoms with van der Waals surface area (Å²) in [5, 5.41) is 0. The Labute approximate surface area is 90.8 Å². The van der Waals surface area contributed by atoms with Crippen LogP contribution < -0.4 is 5.73 Å². The second kappa shape index (κ2) is 4.10. The molecule has 1 saturated carbocycles. The summed E-state index contributed by atoms with van der Waals surface area (Å²) < 4.78 is 5.38. The van der Waals surface area contributed by atoms with Crippen LogP contribution in [0.4, 0.5) is 0 Å². The van der Waals surface area contributed by atoms with E-state index in [2.05, 4.69) is 6.92 Å². The van der Waals surface area contributed by atoms with Crippen molar-refractivity contribution in [2.75, 3.05) is 19.8 Å². The third-order valence-electron chi connectivity index (χ3n) is 3.63. The third kappa shape index (κ3) is 1.88. The van der Waals surface area contributed by atoms with Crippen LogP contribution in [0, 0.1) is 0 Å². The van der Waals surface area contributed by atoms with Gasteiger partial charge in [0.05, 0.1) is 24.8 Å². The summed E-state index contributed by atoms with van der Waals surface area (Å²) >= 11 is 0. The second-order valence-corrected chi connectivity index (χ2v) is 4.65. The molecular weight excluding hydrogens is 192 g/mol. The molecule has 0 bridgehead atoms. The number of carbonyl (C=O) groups is 1. The van der Waals surface area contributed by atoms with Crippen molar-refractivity contribution < 1.29 is 9.53 Å². The fourth-order valence-electron chi connectivity index (χ4n) is 2.32. The highest BCUT2D eigenvalue weighted by Crippen LogP contribution is 2.32. The van der Waals surface area contributed by atoms with E-state index in [4.69, 9.17) is 10.5 Å². The number of nitrogens with zero attached hydrogens (tertiary/aromatic N) is 1. The van der Waals surface area contributed by atoms with E-state index >= 15 is 0 Å². The predicted octanol–water partition coefficient (Wildman–Crippen LogP) is 0.505. The Hall–Kier alpha value is -0.610. The average molecular weight is 212 g/mol. The van der Waals surface area contributed by atoms with Crippen LogP contribution in [0.15, 0.2) is 0 Å². The molecule has 0 aromatic heterocycles. The van der Waals surface area contributed by atoms with E-state index < -0.39 is 5.54 Å². The number of hydrogen-bond acceptors (Lipinski definition) is 3. The van der Waals surface area contributed by atoms with Crippen molar-refractivity contribution in [3.8, 4) is 0 Å². The zero-order chi connectivity index (χ0) is 10.9. The van der Waals surface area contributed by atoms with Gasteiger partial charge in [-0.25, -0.2) is 0 Å². The first kappa shape index (κ1) is 10.9. The Kier molecular flexibility index (Phi) is 2.98. The van der Waals surface area contributed by atoms with E-state index in [0.717, 1.165) is 25.7 Å². The molecule has 1 heterocycles. The fraction of sp³-hybridized carbons (Fsp3) is 0.909. The lowest BCUT2D eigenvalue weighted by molar-refractivity contribution is -0.149. The summed E-state index contributed by atoms with van der Waals surface area (Å²) in [6.07, 6.45) is 3.73. The number of rotatable bonds is 2. The largest absolute Gasteiger partial charge is 0.377 e. The van der Waals surface area contributed by atoms with Crippen LogP contribution in [0.2, 0.25) is 0 Å². The van der Waals surface area contributed by atoms with Gasteiger partial charge in [0, 0.05) is 6.54 Å². The third-order valence-corrected chi connectivity index (χ3v) is 3.63. The molecule has 0 spiro atoms. The van der Waals surface area contributed by atoms with E-state index in [1.165, 1.54) is 0 Å². The lowest BCUT2D eigenvalue weighted by Gasteiger charge is -2.44. The second-order valence-electron chi connectivity index (χ2n) is 4.65. The minimum absolute atomic E-state index is 0.143. The lowest BCUT2D eigenvalue weighted by atomic mass is 9.76. The molecule has 2 rings (SSSR count). The Bertz CT molecular complexity index is 251. The standard InChI is InChI=1S/C11H20N2O2/c1-2-9-8-15-7-6-13(9)10(14)11(12)4-3-5-11/h9H,2-8,12H2,1H3. The molecule has 0 aromatic carbocycles. The highest BCUT2D eigenvalue weighted by Gasteiger charge is 2.44. The van der Waals surface area contributed by atoms with Crippen LogP contribution in [-0.4, -0.2) is 42.1 Å². The number of amides is 1. The van der Waals surface area contributed by atoms with Gasteiger partial charge in [0.25, 0.3) is 0 Å². The van der Waals surface area contributed by atoms with Crippen molar-refractivity contribution in [1.29, 1.82) is 0 Å². The normalized spacial score (nSPS) is 29.7. The van der Waals surface area contributed by atoms with Gasteiger partial charge in [-0.3, -0.25) is 4.79 Å². The summed E-state index contributed by atoms with van der Waals surface area (Å²) in [7, 11) is 0. The van der Waals surface area contributed by atoms with E-state index in [-0.39, 0.29) is 11.9 Å². The van der Waals surface area contributed by atoms with Gasteiger partial charge in [-0.05, 0) is 25.7 Å². The monoisotopic (exact) mass is 212 g/mol. The molecule has 1 saturated heterocycles. The maximum absolute atomic E-state index is 12.2.